The Morgan fingerprint density at radius 3 is 1.03 bits per heavy atom. The molecule has 9 aliphatic carbocycles. The van der Waals surface area contributed by atoms with Gasteiger partial charge in [0.1, 0.15) is 0 Å². The van der Waals surface area contributed by atoms with Gasteiger partial charge in [0, 0.05) is 57.6 Å². The quantitative estimate of drug-likeness (QED) is 0.160. The molecule has 3 aromatic heterocycles. The van der Waals surface area contributed by atoms with Crippen LogP contribution in [0.1, 0.15) is 141 Å². The summed E-state index contributed by atoms with van der Waals surface area (Å²) in [5, 5.41) is 8.00. The lowest BCUT2D eigenvalue weighted by Crippen LogP contribution is -2.24. The van der Waals surface area contributed by atoms with Gasteiger partial charge in [0.25, 0.3) is 0 Å². The molecular weight excluding hydrogens is 801 g/mol. The van der Waals surface area contributed by atoms with Crippen LogP contribution in [0.15, 0.2) is 146 Å². The van der Waals surface area contributed by atoms with E-state index in [-0.39, 0.29) is 0 Å². The first-order chi connectivity index (χ1) is 32.6. The number of benzene rings is 6. The summed E-state index contributed by atoms with van der Waals surface area (Å²) < 4.78 is 0. The van der Waals surface area contributed by atoms with Gasteiger partial charge in [0.05, 0.1) is 22.8 Å². The molecule has 66 heavy (non-hydrogen) atoms. The predicted octanol–water partition coefficient (Wildman–Crippen LogP) is 15.3. The van der Waals surface area contributed by atoms with E-state index in [2.05, 4.69) is 156 Å². The minimum Gasteiger partial charge on any atom is -0.355 e. The minimum atomic E-state index is 0.294. The molecule has 0 spiro atoms. The van der Waals surface area contributed by atoms with Crippen LogP contribution >= 0.6 is 0 Å². The summed E-state index contributed by atoms with van der Waals surface area (Å²) in [5.41, 5.74) is 26.9. The fraction of sp³-hybridized carbons (Fsp3) is 0.194. The largest absolute Gasteiger partial charge is 0.355 e. The molecule has 20 rings (SSSR count). The third-order valence-corrected chi connectivity index (χ3v) is 17.6. The topological polar surface area (TPSA) is 57.4 Å². The molecule has 0 amide bonds. The number of H-pyrrole nitrogens is 2. The number of hydrogen-bond acceptors (Lipinski definition) is 2. The van der Waals surface area contributed by atoms with Gasteiger partial charge < -0.3 is 9.97 Å². The van der Waals surface area contributed by atoms with Crippen molar-refractivity contribution < 1.29 is 0 Å². The number of nitrogens with zero attached hydrogens (tertiary/aromatic N) is 2. The van der Waals surface area contributed by atoms with E-state index in [1.165, 1.54) is 117 Å². The third-order valence-electron chi connectivity index (χ3n) is 17.6. The number of fused-ring (bicyclic) bond motifs is 14. The molecule has 9 aromatic rings. The summed E-state index contributed by atoms with van der Waals surface area (Å²) in [5.74, 6) is 1.88. The van der Waals surface area contributed by atoms with Crippen molar-refractivity contribution in [1.29, 1.82) is 0 Å². The van der Waals surface area contributed by atoms with E-state index in [1.807, 2.05) is 0 Å². The summed E-state index contributed by atoms with van der Waals surface area (Å²) in [6, 6.07) is 56.0. The molecule has 2 aliphatic heterocycles. The van der Waals surface area contributed by atoms with Crippen LogP contribution in [0.4, 0.5) is 0 Å². The number of nitrogens with one attached hydrogen (secondary N) is 2. The van der Waals surface area contributed by atoms with Gasteiger partial charge in [-0.15, -0.1) is 0 Å². The molecule has 0 radical (unpaired) electrons. The van der Waals surface area contributed by atoms with E-state index in [0.717, 1.165) is 65.9 Å². The lowest BCUT2D eigenvalue weighted by Gasteiger charge is -2.40. The maximum atomic E-state index is 5.89. The molecular formula is C62H44N4. The van der Waals surface area contributed by atoms with Gasteiger partial charge in [0.2, 0.25) is 0 Å². The van der Waals surface area contributed by atoms with Gasteiger partial charge in [-0.1, -0.05) is 109 Å². The van der Waals surface area contributed by atoms with Crippen molar-refractivity contribution in [2.24, 2.45) is 0 Å². The Kier molecular flexibility index (Phi) is 6.54. The molecule has 312 valence electrons. The SMILES string of the molecule is c1ccc2cc3c(cc2c1)C1CCC3C2=C1c1cc3nc(cc4[nH]c(cc5ccc(cc2n1)[nH]5)c1c4C2CCC1c1cc4ccccc4cc12)C1=C3C2CCC1c1cc3ccccc3cc12. The van der Waals surface area contributed by atoms with Crippen LogP contribution in [-0.2, 0) is 0 Å². The molecule has 4 heteroatoms. The number of hydrogen-bond donors (Lipinski definition) is 2. The molecule has 0 fully saturated rings. The molecule has 0 saturated carbocycles. The van der Waals surface area contributed by atoms with Crippen molar-refractivity contribution in [1.82, 2.24) is 19.9 Å². The van der Waals surface area contributed by atoms with Gasteiger partial charge in [-0.2, -0.15) is 0 Å². The van der Waals surface area contributed by atoms with Crippen molar-refractivity contribution >= 4 is 76.7 Å². The Balaban J connectivity index is 0.961. The fourth-order valence-electron chi connectivity index (χ4n) is 15.0. The van der Waals surface area contributed by atoms with Gasteiger partial charge >= 0.3 is 0 Å². The Labute approximate surface area is 381 Å². The molecule has 6 unspecified atom stereocenters. The van der Waals surface area contributed by atoms with E-state index >= 15 is 0 Å². The summed E-state index contributed by atoms with van der Waals surface area (Å²) in [7, 11) is 0. The zero-order valence-electron chi connectivity index (χ0n) is 36.5. The minimum absolute atomic E-state index is 0.294. The molecule has 0 saturated heterocycles. The van der Waals surface area contributed by atoms with E-state index in [0.29, 0.717) is 35.5 Å². The maximum Gasteiger partial charge on any atom is 0.0700 e. The van der Waals surface area contributed by atoms with E-state index in [1.54, 1.807) is 0 Å². The van der Waals surface area contributed by atoms with Crippen LogP contribution in [0.3, 0.4) is 0 Å². The zero-order chi connectivity index (χ0) is 42.5. The standard InChI is InChI=1S/C62H44N4/c1-3-9-33-23-47-41-17-15-39(45(47)21-31(33)7-1)57-51-27-37-13-14-38(63-37)28-52-58-40-16-18-42(48-24-34-10-4-2-8-32(34)22-46(40)48)60(58)54(65-52)30-56-62-44-20-19-43(61(62)55(66-56)29-53(64-51)59(41)57)49-25-35-11-5-6-12-36(35)26-50(44)49/h1-14,21-30,39-44,63-64H,15-20H2. The van der Waals surface area contributed by atoms with E-state index < -0.39 is 0 Å². The highest BCUT2D eigenvalue weighted by atomic mass is 14.8. The lowest BCUT2D eigenvalue weighted by atomic mass is 9.62. The highest BCUT2D eigenvalue weighted by Gasteiger charge is 2.47. The second kappa shape index (κ2) is 12.3. The smallest absolute Gasteiger partial charge is 0.0700 e. The first kappa shape index (κ1) is 35.0. The van der Waals surface area contributed by atoms with Crippen LogP contribution in [-0.4, -0.2) is 19.9 Å². The monoisotopic (exact) mass is 844 g/mol. The number of aromatic nitrogens is 4. The lowest BCUT2D eigenvalue weighted by molar-refractivity contribution is 0.528. The van der Waals surface area contributed by atoms with Gasteiger partial charge in [-0.25, -0.2) is 9.97 Å². The Hall–Kier alpha value is -7.30. The first-order valence-electron chi connectivity index (χ1n) is 24.5. The van der Waals surface area contributed by atoms with Crippen LogP contribution in [0.2, 0.25) is 0 Å². The molecule has 4 nitrogen and oxygen atoms in total. The molecule has 5 heterocycles. The van der Waals surface area contributed by atoms with Gasteiger partial charge in [0.15, 0.2) is 0 Å². The third kappa shape index (κ3) is 4.50. The average Bonchev–Trinajstić information content (AvgIpc) is 4.15. The van der Waals surface area contributed by atoms with Gasteiger partial charge in [-0.05, 0) is 174 Å². The summed E-state index contributed by atoms with van der Waals surface area (Å²) >= 11 is 0. The zero-order valence-corrected chi connectivity index (χ0v) is 36.5. The Morgan fingerprint density at radius 1 is 0.303 bits per heavy atom. The van der Waals surface area contributed by atoms with Crippen molar-refractivity contribution in [3.05, 3.63) is 213 Å². The molecule has 11 aliphatic rings. The number of rotatable bonds is 0. The first-order valence-corrected chi connectivity index (χ1v) is 24.5. The molecule has 14 bridgehead atoms. The highest BCUT2D eigenvalue weighted by molar-refractivity contribution is 6.06. The van der Waals surface area contributed by atoms with Crippen molar-refractivity contribution in [3.8, 4) is 0 Å². The van der Waals surface area contributed by atoms with Crippen LogP contribution in [0, 0.1) is 0 Å². The Morgan fingerprint density at radius 2 is 0.621 bits per heavy atom. The molecule has 6 atom stereocenters. The number of allylic oxidation sites excluding steroid dienone is 4. The summed E-state index contributed by atoms with van der Waals surface area (Å²) in [4.78, 5) is 19.6. The van der Waals surface area contributed by atoms with Crippen molar-refractivity contribution in [3.63, 3.8) is 0 Å². The normalized spacial score (nSPS) is 23.6. The van der Waals surface area contributed by atoms with E-state index in [9.17, 15) is 0 Å². The summed E-state index contributed by atoms with van der Waals surface area (Å²) in [6.45, 7) is 0. The van der Waals surface area contributed by atoms with Gasteiger partial charge in [-0.3, -0.25) is 0 Å². The van der Waals surface area contributed by atoms with Crippen LogP contribution < -0.4 is 0 Å². The van der Waals surface area contributed by atoms with Crippen LogP contribution in [0.5, 0.6) is 0 Å². The van der Waals surface area contributed by atoms with E-state index in [4.69, 9.17) is 9.97 Å². The van der Waals surface area contributed by atoms with Crippen molar-refractivity contribution in [2.45, 2.75) is 74.0 Å². The second-order valence-corrected chi connectivity index (χ2v) is 20.7. The second-order valence-electron chi connectivity index (χ2n) is 20.7. The molecule has 6 aromatic carbocycles. The van der Waals surface area contributed by atoms with Crippen molar-refractivity contribution in [2.75, 3.05) is 0 Å². The molecule has 2 N–H and O–H groups in total. The predicted molar refractivity (Wildman–Crippen MR) is 269 cm³/mol. The average molecular weight is 845 g/mol. The summed E-state index contributed by atoms with van der Waals surface area (Å²) in [6.07, 6.45) is 6.92. The highest BCUT2D eigenvalue weighted by Crippen LogP contribution is 2.64. The number of aromatic amines is 2. The van der Waals surface area contributed by atoms with Crippen LogP contribution in [0.25, 0.3) is 76.7 Å². The fourth-order valence-corrected chi connectivity index (χ4v) is 15.0. The Bertz CT molecular complexity index is 4000. The maximum absolute atomic E-state index is 5.89.